The zero-order valence-corrected chi connectivity index (χ0v) is 15.3. The average Bonchev–Trinajstić information content (AvgIpc) is 2.61. The number of methoxy groups -OCH3 is 2. The van der Waals surface area contributed by atoms with Crippen LogP contribution in [0.3, 0.4) is 0 Å². The molecule has 0 aromatic heterocycles. The van der Waals surface area contributed by atoms with E-state index in [-0.39, 0.29) is 11.1 Å². The molecule has 0 spiro atoms. The number of ether oxygens (including phenoxy) is 2. The third kappa shape index (κ3) is 2.14. The first-order chi connectivity index (χ1) is 12.1. The Morgan fingerprint density at radius 3 is 2.35 bits per heavy atom. The number of benzene rings is 1. The van der Waals surface area contributed by atoms with E-state index in [2.05, 4.69) is 0 Å². The van der Waals surface area contributed by atoms with Crippen molar-refractivity contribution in [3.63, 3.8) is 0 Å². The minimum absolute atomic E-state index is 0.0975. The van der Waals surface area contributed by atoms with Gasteiger partial charge in [0.1, 0.15) is 11.3 Å². The van der Waals surface area contributed by atoms with Gasteiger partial charge in [0.05, 0.1) is 19.6 Å². The van der Waals surface area contributed by atoms with Gasteiger partial charge < -0.3 is 14.6 Å². The zero-order chi connectivity index (χ0) is 19.4. The van der Waals surface area contributed by atoms with Crippen LogP contribution in [-0.2, 0) is 19.7 Å². The summed E-state index contributed by atoms with van der Waals surface area (Å²) >= 11 is 0. The smallest absolute Gasteiger partial charge is 0.341 e. The highest BCUT2D eigenvalue weighted by molar-refractivity contribution is 6.23. The van der Waals surface area contributed by atoms with Crippen molar-refractivity contribution < 1.29 is 29.0 Å². The van der Waals surface area contributed by atoms with E-state index >= 15 is 0 Å². The highest BCUT2D eigenvalue weighted by Crippen LogP contribution is 2.54. The second-order valence-electron chi connectivity index (χ2n) is 7.17. The van der Waals surface area contributed by atoms with Gasteiger partial charge in [-0.2, -0.15) is 0 Å². The van der Waals surface area contributed by atoms with Crippen molar-refractivity contribution in [2.75, 3.05) is 14.2 Å². The minimum Gasteiger partial charge on any atom is -0.504 e. The predicted molar refractivity (Wildman–Crippen MR) is 93.2 cm³/mol. The van der Waals surface area contributed by atoms with Gasteiger partial charge >= 0.3 is 5.97 Å². The number of allylic oxidation sites excluding steroid dienone is 3. The number of aliphatic hydroxyl groups excluding tert-OH is 1. The van der Waals surface area contributed by atoms with E-state index in [9.17, 15) is 19.5 Å². The lowest BCUT2D eigenvalue weighted by Gasteiger charge is -2.45. The van der Waals surface area contributed by atoms with Crippen molar-refractivity contribution in [1.82, 2.24) is 0 Å². The number of carbonyl (C=O) groups excluding carboxylic acids is 3. The Balaban J connectivity index is 2.43. The van der Waals surface area contributed by atoms with Crippen LogP contribution in [0.25, 0.3) is 0 Å². The number of carbonyl (C=O) groups is 3. The molecule has 0 bridgehead atoms. The Kier molecular flexibility index (Phi) is 3.83. The van der Waals surface area contributed by atoms with E-state index in [0.717, 1.165) is 0 Å². The Morgan fingerprint density at radius 2 is 1.77 bits per heavy atom. The number of ketones is 2. The van der Waals surface area contributed by atoms with Gasteiger partial charge in [0.25, 0.3) is 0 Å². The van der Waals surface area contributed by atoms with Gasteiger partial charge in [-0.25, -0.2) is 4.79 Å². The number of hydrogen-bond acceptors (Lipinski definition) is 6. The quantitative estimate of drug-likeness (QED) is 0.647. The van der Waals surface area contributed by atoms with Crippen molar-refractivity contribution in [3.05, 3.63) is 52.3 Å². The lowest BCUT2D eigenvalue weighted by Crippen LogP contribution is -2.48. The molecule has 6 heteroatoms. The summed E-state index contributed by atoms with van der Waals surface area (Å²) in [4.78, 5) is 37.8. The largest absolute Gasteiger partial charge is 0.504 e. The van der Waals surface area contributed by atoms with Crippen molar-refractivity contribution in [2.45, 2.75) is 26.2 Å². The van der Waals surface area contributed by atoms with Gasteiger partial charge in [0.2, 0.25) is 5.78 Å². The summed E-state index contributed by atoms with van der Waals surface area (Å²) < 4.78 is 10.0. The molecule has 1 aromatic carbocycles. The number of fused-ring (bicyclic) bond motifs is 3. The van der Waals surface area contributed by atoms with E-state index in [1.54, 1.807) is 39.0 Å². The molecule has 0 aliphatic heterocycles. The molecule has 0 amide bonds. The first-order valence-electron chi connectivity index (χ1n) is 8.13. The van der Waals surface area contributed by atoms with Crippen LogP contribution in [0.1, 0.15) is 36.7 Å². The number of rotatable bonds is 2. The lowest BCUT2D eigenvalue weighted by molar-refractivity contribution is -0.139. The fraction of sp³-hybridized carbons (Fsp3) is 0.350. The second-order valence-corrected chi connectivity index (χ2v) is 7.17. The van der Waals surface area contributed by atoms with E-state index in [0.29, 0.717) is 16.9 Å². The number of esters is 1. The average molecular weight is 356 g/mol. The summed E-state index contributed by atoms with van der Waals surface area (Å²) in [5.74, 6) is -1.72. The fourth-order valence-corrected chi connectivity index (χ4v) is 4.06. The molecule has 0 saturated heterocycles. The molecule has 0 fully saturated rings. The zero-order valence-electron chi connectivity index (χ0n) is 15.3. The molecule has 136 valence electrons. The van der Waals surface area contributed by atoms with Gasteiger partial charge in [0, 0.05) is 16.6 Å². The molecule has 1 aromatic rings. The van der Waals surface area contributed by atoms with E-state index in [1.165, 1.54) is 20.3 Å². The number of hydrogen-bond donors (Lipinski definition) is 1. The van der Waals surface area contributed by atoms with Crippen LogP contribution >= 0.6 is 0 Å². The Bertz CT molecular complexity index is 918. The standard InChI is InChI=1S/C20H20O6/c1-19(2)16-15(22)14(21)11-7-6-10(25-4)8-13(11)20(16,3)9-12(17(19)23)18(24)26-5/h6-9,22H,1-5H3/t20-/m0/s1. The maximum Gasteiger partial charge on any atom is 0.341 e. The normalized spacial score (nSPS) is 23.8. The first kappa shape index (κ1) is 17.9. The summed E-state index contributed by atoms with van der Waals surface area (Å²) in [6.07, 6.45) is 1.47. The maximum atomic E-state index is 12.9. The van der Waals surface area contributed by atoms with Gasteiger partial charge in [-0.1, -0.05) is 6.08 Å². The van der Waals surface area contributed by atoms with Crippen molar-refractivity contribution in [2.24, 2.45) is 5.41 Å². The fourth-order valence-electron chi connectivity index (χ4n) is 4.06. The van der Waals surface area contributed by atoms with E-state index in [1.807, 2.05) is 0 Å². The Morgan fingerprint density at radius 1 is 1.12 bits per heavy atom. The molecule has 3 rings (SSSR count). The molecule has 26 heavy (non-hydrogen) atoms. The molecule has 1 atom stereocenters. The number of aliphatic hydroxyl groups is 1. The Labute approximate surface area is 151 Å². The highest BCUT2D eigenvalue weighted by atomic mass is 16.5. The molecular formula is C20H20O6. The molecule has 0 unspecified atom stereocenters. The molecule has 0 heterocycles. The third-order valence-electron chi connectivity index (χ3n) is 5.28. The van der Waals surface area contributed by atoms with Crippen LogP contribution in [0.4, 0.5) is 0 Å². The van der Waals surface area contributed by atoms with Crippen LogP contribution in [0, 0.1) is 5.41 Å². The minimum atomic E-state index is -1.26. The number of Topliss-reactive ketones (excluding diaryl/α,β-unsaturated/α-hetero) is 2. The maximum absolute atomic E-state index is 12.9. The van der Waals surface area contributed by atoms with Gasteiger partial charge in [-0.05, 0) is 44.5 Å². The SMILES string of the molecule is COC(=O)C1=C[C@]2(C)C(=C(O)C(=O)c3ccc(OC)cc32)C(C)(C)C1=O. The van der Waals surface area contributed by atoms with Crippen molar-refractivity contribution in [1.29, 1.82) is 0 Å². The monoisotopic (exact) mass is 356 g/mol. The highest BCUT2D eigenvalue weighted by Gasteiger charge is 2.55. The summed E-state index contributed by atoms with van der Waals surface area (Å²) in [6, 6.07) is 4.89. The second kappa shape index (κ2) is 5.56. The summed E-state index contributed by atoms with van der Waals surface area (Å²) in [6.45, 7) is 4.95. The van der Waals surface area contributed by atoms with Crippen LogP contribution < -0.4 is 4.74 Å². The van der Waals surface area contributed by atoms with Crippen LogP contribution in [0.5, 0.6) is 5.75 Å². The summed E-state index contributed by atoms with van der Waals surface area (Å²) in [7, 11) is 2.71. The topological polar surface area (TPSA) is 89.9 Å². The molecule has 2 aliphatic rings. The lowest BCUT2D eigenvalue weighted by atomic mass is 9.55. The summed E-state index contributed by atoms with van der Waals surface area (Å²) in [5.41, 5.74) is -1.25. The molecule has 2 aliphatic carbocycles. The third-order valence-corrected chi connectivity index (χ3v) is 5.28. The van der Waals surface area contributed by atoms with Crippen LogP contribution in [0.2, 0.25) is 0 Å². The van der Waals surface area contributed by atoms with Crippen LogP contribution in [-0.4, -0.2) is 36.9 Å². The van der Waals surface area contributed by atoms with E-state index < -0.39 is 34.1 Å². The van der Waals surface area contributed by atoms with E-state index in [4.69, 9.17) is 9.47 Å². The molecule has 0 radical (unpaired) electrons. The summed E-state index contributed by atoms with van der Waals surface area (Å²) in [5, 5.41) is 10.6. The first-order valence-corrected chi connectivity index (χ1v) is 8.13. The molecule has 6 nitrogen and oxygen atoms in total. The van der Waals surface area contributed by atoms with Crippen molar-refractivity contribution in [3.8, 4) is 5.75 Å². The van der Waals surface area contributed by atoms with Crippen LogP contribution in [0.15, 0.2) is 41.2 Å². The van der Waals surface area contributed by atoms with Crippen molar-refractivity contribution >= 4 is 17.5 Å². The molecular weight excluding hydrogens is 336 g/mol. The van der Waals surface area contributed by atoms with Gasteiger partial charge in [-0.3, -0.25) is 9.59 Å². The molecule has 0 saturated carbocycles. The molecule has 1 N–H and O–H groups in total. The van der Waals surface area contributed by atoms with Gasteiger partial charge in [-0.15, -0.1) is 0 Å². The Hall–Kier alpha value is -2.89. The predicted octanol–water partition coefficient (Wildman–Crippen LogP) is 2.67. The van der Waals surface area contributed by atoms with Gasteiger partial charge in [0.15, 0.2) is 11.5 Å².